The van der Waals surface area contributed by atoms with Gasteiger partial charge in [-0.3, -0.25) is 4.79 Å². The highest BCUT2D eigenvalue weighted by atomic mass is 19.2. The number of hydrogen-bond donors (Lipinski definition) is 2. The van der Waals surface area contributed by atoms with Crippen LogP contribution in [0.15, 0.2) is 73.1 Å². The number of benzene rings is 2. The molecule has 36 heavy (non-hydrogen) atoms. The van der Waals surface area contributed by atoms with Crippen molar-refractivity contribution >= 4 is 11.7 Å². The molecule has 2 aliphatic rings. The molecule has 1 fully saturated rings. The molecule has 0 radical (unpaired) electrons. The molecule has 1 saturated carbocycles. The number of alkyl halides is 2. The van der Waals surface area contributed by atoms with Gasteiger partial charge in [0.05, 0.1) is 24.4 Å². The minimum Gasteiger partial charge on any atom is -0.493 e. The second kappa shape index (κ2) is 9.07. The topological polar surface area (TPSA) is 89.1 Å². The van der Waals surface area contributed by atoms with Gasteiger partial charge in [0.2, 0.25) is 5.91 Å². The molecule has 1 aliphatic heterocycles. The maximum absolute atomic E-state index is 13.1. The van der Waals surface area contributed by atoms with E-state index in [1.165, 1.54) is 12.3 Å². The number of carbonyl (C=O) groups is 1. The van der Waals surface area contributed by atoms with Gasteiger partial charge in [0.15, 0.2) is 0 Å². The highest BCUT2D eigenvalue weighted by Crippen LogP contribution is 2.39. The van der Waals surface area contributed by atoms with Crippen molar-refractivity contribution in [3.63, 3.8) is 0 Å². The van der Waals surface area contributed by atoms with Crippen molar-refractivity contribution in [3.8, 4) is 28.5 Å². The van der Waals surface area contributed by atoms with Gasteiger partial charge in [-0.15, -0.1) is 0 Å². The zero-order valence-corrected chi connectivity index (χ0v) is 19.0. The van der Waals surface area contributed by atoms with Crippen molar-refractivity contribution in [2.75, 3.05) is 11.9 Å². The first-order valence-corrected chi connectivity index (χ1v) is 11.6. The molecule has 3 unspecified atom stereocenters. The predicted molar refractivity (Wildman–Crippen MR) is 129 cm³/mol. The number of ether oxygens (including phenoxy) is 2. The van der Waals surface area contributed by atoms with E-state index in [0.717, 1.165) is 34.8 Å². The van der Waals surface area contributed by atoms with E-state index in [-0.39, 0.29) is 11.7 Å². The third-order valence-corrected chi connectivity index (χ3v) is 6.38. The summed E-state index contributed by atoms with van der Waals surface area (Å²) >= 11 is 0. The summed E-state index contributed by atoms with van der Waals surface area (Å²) in [4.78, 5) is 24.0. The zero-order valence-electron chi connectivity index (χ0n) is 19.0. The fourth-order valence-electron chi connectivity index (χ4n) is 4.34. The van der Waals surface area contributed by atoms with E-state index in [0.29, 0.717) is 18.1 Å². The summed E-state index contributed by atoms with van der Waals surface area (Å²) in [6.07, 6.45) is 0.511. The van der Waals surface area contributed by atoms with E-state index in [1.807, 2.05) is 48.7 Å². The van der Waals surface area contributed by atoms with Crippen LogP contribution in [0.5, 0.6) is 17.2 Å². The molecule has 182 valence electrons. The van der Waals surface area contributed by atoms with Crippen LogP contribution in [0.3, 0.4) is 0 Å². The fraction of sp³-hybridized carbons (Fsp3) is 0.222. The summed E-state index contributed by atoms with van der Waals surface area (Å²) in [5, 5.41) is 2.44. The van der Waals surface area contributed by atoms with Crippen molar-refractivity contribution < 1.29 is 23.0 Å². The molecule has 3 atom stereocenters. The Morgan fingerprint density at radius 3 is 2.64 bits per heavy atom. The lowest BCUT2D eigenvalue weighted by Crippen LogP contribution is -2.20. The molecule has 7 nitrogen and oxygen atoms in total. The largest absolute Gasteiger partial charge is 0.493 e. The van der Waals surface area contributed by atoms with Gasteiger partial charge in [0, 0.05) is 12.3 Å². The number of fused-ring (bicyclic) bond motifs is 1. The Morgan fingerprint density at radius 2 is 1.83 bits per heavy atom. The van der Waals surface area contributed by atoms with Crippen LogP contribution in [0, 0.1) is 5.92 Å². The molecule has 1 amide bonds. The minimum atomic E-state index is -1.75. The van der Waals surface area contributed by atoms with E-state index in [2.05, 4.69) is 20.3 Å². The van der Waals surface area contributed by atoms with E-state index in [1.54, 1.807) is 12.1 Å². The number of hydrogen-bond acceptors (Lipinski definition) is 5. The van der Waals surface area contributed by atoms with Crippen LogP contribution >= 0.6 is 0 Å². The average molecular weight is 488 g/mol. The quantitative estimate of drug-likeness (QED) is 0.388. The Bertz CT molecular complexity index is 1400. The van der Waals surface area contributed by atoms with Gasteiger partial charge in [0.1, 0.15) is 47.2 Å². The lowest BCUT2D eigenvalue weighted by atomic mass is 9.96. The molecule has 6 rings (SSSR count). The Balaban J connectivity index is 1.14. The van der Waals surface area contributed by atoms with Crippen LogP contribution in [0.1, 0.15) is 17.3 Å². The van der Waals surface area contributed by atoms with Crippen LogP contribution in [0.25, 0.3) is 11.3 Å². The highest BCUT2D eigenvalue weighted by molar-refractivity contribution is 5.95. The first-order chi connectivity index (χ1) is 17.5. The van der Waals surface area contributed by atoms with Crippen molar-refractivity contribution in [1.29, 1.82) is 0 Å². The van der Waals surface area contributed by atoms with Crippen LogP contribution < -0.4 is 14.8 Å². The van der Waals surface area contributed by atoms with E-state index < -0.39 is 24.2 Å². The second-order valence-corrected chi connectivity index (χ2v) is 8.91. The predicted octanol–water partition coefficient (Wildman–Crippen LogP) is 5.23. The highest BCUT2D eigenvalue weighted by Gasteiger charge is 2.57. The number of anilines is 1. The van der Waals surface area contributed by atoms with Crippen LogP contribution in [-0.4, -0.2) is 39.8 Å². The number of rotatable bonds is 6. The molecule has 2 N–H and O–H groups in total. The molecule has 0 saturated heterocycles. The van der Waals surface area contributed by atoms with Crippen molar-refractivity contribution in [1.82, 2.24) is 15.0 Å². The van der Waals surface area contributed by atoms with Gasteiger partial charge in [0.25, 0.3) is 0 Å². The minimum absolute atomic E-state index is 0.0639. The molecule has 2 aromatic heterocycles. The molecule has 3 heterocycles. The summed E-state index contributed by atoms with van der Waals surface area (Å²) in [5.41, 5.74) is 3.02. The lowest BCUT2D eigenvalue weighted by molar-refractivity contribution is -0.118. The van der Waals surface area contributed by atoms with E-state index >= 15 is 0 Å². The summed E-state index contributed by atoms with van der Waals surface area (Å²) in [7, 11) is 0. The number of nitrogens with one attached hydrogen (secondary N) is 2. The third-order valence-electron chi connectivity index (χ3n) is 6.38. The SMILES string of the molecule is O=C(Nc1cc(Oc2ccc3c(c2)CC(c2ncc(-c4ccccc4)[nH]2)CO3)ccn1)C1C(F)C1F. The molecule has 0 spiro atoms. The number of halogens is 2. The fourth-order valence-corrected chi connectivity index (χ4v) is 4.34. The number of imidazole rings is 1. The maximum Gasteiger partial charge on any atom is 0.234 e. The molecule has 9 heteroatoms. The Labute approximate surface area is 205 Å². The van der Waals surface area contributed by atoms with Crippen LogP contribution in [0.4, 0.5) is 14.6 Å². The van der Waals surface area contributed by atoms with Crippen molar-refractivity contribution in [2.24, 2.45) is 5.92 Å². The molecular formula is C27H22F2N4O3. The van der Waals surface area contributed by atoms with Gasteiger partial charge in [-0.05, 0) is 41.8 Å². The first kappa shape index (κ1) is 22.2. The zero-order chi connectivity index (χ0) is 24.6. The van der Waals surface area contributed by atoms with Crippen LogP contribution in [-0.2, 0) is 11.2 Å². The molecule has 2 aromatic carbocycles. The van der Waals surface area contributed by atoms with E-state index in [4.69, 9.17) is 9.47 Å². The number of pyridine rings is 1. The molecule has 1 aliphatic carbocycles. The molecule has 0 bridgehead atoms. The van der Waals surface area contributed by atoms with Gasteiger partial charge < -0.3 is 19.8 Å². The summed E-state index contributed by atoms with van der Waals surface area (Å²) in [5.74, 6) is 0.889. The standard InChI is InChI=1S/C27H22F2N4O3/c28-24-23(25(24)29)27(34)33-22-12-19(8-9-30-22)36-18-6-7-21-16(11-18)10-17(14-35-21)26-31-13-20(32-26)15-4-2-1-3-5-15/h1-9,11-13,17,23-25H,10,14H2,(H,31,32)(H,30,33,34). The van der Waals surface area contributed by atoms with Gasteiger partial charge in [-0.25, -0.2) is 18.7 Å². The van der Waals surface area contributed by atoms with Crippen molar-refractivity contribution in [3.05, 3.63) is 84.4 Å². The van der Waals surface area contributed by atoms with Crippen molar-refractivity contribution in [2.45, 2.75) is 24.7 Å². The summed E-state index contributed by atoms with van der Waals surface area (Å²) in [6.45, 7) is 0.517. The summed E-state index contributed by atoms with van der Waals surface area (Å²) < 4.78 is 38.2. The Morgan fingerprint density at radius 1 is 1.03 bits per heavy atom. The number of carbonyl (C=O) groups excluding carboxylic acids is 1. The lowest BCUT2D eigenvalue weighted by Gasteiger charge is -2.24. The number of aromatic amines is 1. The first-order valence-electron chi connectivity index (χ1n) is 11.6. The second-order valence-electron chi connectivity index (χ2n) is 8.91. The normalized spacial score (nSPS) is 22.3. The Hall–Kier alpha value is -4.27. The number of aromatic nitrogens is 3. The van der Waals surface area contributed by atoms with E-state index in [9.17, 15) is 13.6 Å². The van der Waals surface area contributed by atoms with Crippen LogP contribution in [0.2, 0.25) is 0 Å². The summed E-state index contributed by atoms with van der Waals surface area (Å²) in [6, 6.07) is 18.7. The van der Waals surface area contributed by atoms with Gasteiger partial charge >= 0.3 is 0 Å². The number of H-pyrrole nitrogens is 1. The third kappa shape index (κ3) is 4.39. The number of amides is 1. The molecule has 4 aromatic rings. The average Bonchev–Trinajstić information content (AvgIpc) is 3.27. The monoisotopic (exact) mass is 488 g/mol. The number of nitrogens with zero attached hydrogens (tertiary/aromatic N) is 2. The maximum atomic E-state index is 13.1. The van der Waals surface area contributed by atoms with Gasteiger partial charge in [-0.2, -0.15) is 0 Å². The van der Waals surface area contributed by atoms with Gasteiger partial charge in [-0.1, -0.05) is 30.3 Å². The Kier molecular flexibility index (Phi) is 5.59. The molecular weight excluding hydrogens is 466 g/mol. The smallest absolute Gasteiger partial charge is 0.234 e.